The van der Waals surface area contributed by atoms with E-state index in [1.54, 1.807) is 36.7 Å². The highest BCUT2D eigenvalue weighted by Crippen LogP contribution is 2.34. The predicted molar refractivity (Wildman–Crippen MR) is 154 cm³/mol. The Kier molecular flexibility index (Phi) is 8.23. The van der Waals surface area contributed by atoms with Crippen molar-refractivity contribution in [3.05, 3.63) is 76.6 Å². The molecule has 2 aromatic heterocycles. The monoisotopic (exact) mass is 557 g/mol. The minimum absolute atomic E-state index is 0.236. The number of anilines is 2. The third-order valence-corrected chi connectivity index (χ3v) is 7.33. The van der Waals surface area contributed by atoms with Gasteiger partial charge >= 0.3 is 0 Å². The van der Waals surface area contributed by atoms with Gasteiger partial charge in [-0.3, -0.25) is 5.41 Å². The number of aliphatic imine (C=N–C) groups is 1. The number of halogens is 1. The van der Waals surface area contributed by atoms with Gasteiger partial charge in [0.05, 0.1) is 24.6 Å². The molecule has 2 aliphatic rings. The molecule has 0 atom stereocenters. The lowest BCUT2D eigenvalue weighted by molar-refractivity contribution is 0.122. The van der Waals surface area contributed by atoms with Gasteiger partial charge in [0, 0.05) is 49.7 Å². The van der Waals surface area contributed by atoms with Crippen LogP contribution < -0.4 is 15.1 Å². The number of nitriles is 1. The number of morpholine rings is 1. The summed E-state index contributed by atoms with van der Waals surface area (Å²) in [4.78, 5) is 23.1. The molecule has 2 aliphatic heterocycles. The van der Waals surface area contributed by atoms with Crippen molar-refractivity contribution in [3.63, 3.8) is 0 Å². The van der Waals surface area contributed by atoms with Crippen LogP contribution in [0.2, 0.25) is 0 Å². The van der Waals surface area contributed by atoms with Crippen molar-refractivity contribution in [2.75, 3.05) is 49.2 Å². The third-order valence-electron chi connectivity index (χ3n) is 6.34. The van der Waals surface area contributed by atoms with E-state index in [9.17, 15) is 9.65 Å². The van der Waals surface area contributed by atoms with Crippen molar-refractivity contribution in [1.82, 2.24) is 20.3 Å². The molecule has 0 saturated carbocycles. The molecular formula is C28H28FN9OS. The van der Waals surface area contributed by atoms with Gasteiger partial charge in [-0.1, -0.05) is 11.3 Å². The number of thiazole rings is 1. The van der Waals surface area contributed by atoms with Crippen LogP contribution in [0, 0.1) is 22.6 Å². The van der Waals surface area contributed by atoms with Crippen molar-refractivity contribution in [1.29, 1.82) is 10.7 Å². The quantitative estimate of drug-likeness (QED) is 0.423. The number of ether oxygens (including phenoxy) is 1. The van der Waals surface area contributed by atoms with Crippen LogP contribution in [0.3, 0.4) is 0 Å². The molecule has 0 spiro atoms. The van der Waals surface area contributed by atoms with Crippen LogP contribution in [0.15, 0.2) is 65.3 Å². The van der Waals surface area contributed by atoms with E-state index in [1.165, 1.54) is 23.5 Å². The molecule has 5 rings (SSSR count). The summed E-state index contributed by atoms with van der Waals surface area (Å²) in [5.74, 6) is 0.896. The Bertz CT molecular complexity index is 1510. The Morgan fingerprint density at radius 3 is 2.52 bits per heavy atom. The lowest BCUT2D eigenvalue weighted by atomic mass is 10.1. The molecule has 0 bridgehead atoms. The standard InChI is InChI=1S/C28H28FN9OS/c1-3-32-26(38(4-2)28-36-24(23(15-30)40-28)18-5-7-20(29)8-6-18)25-21(31)9-10-22(35-25)19-16-33-27(34-17-19)37-11-13-39-14-12-37/h5-10,16-17,31-32H,3-4,11-14H2,1-2H3/b26-25-,31-21?. The van der Waals surface area contributed by atoms with Gasteiger partial charge in [0.2, 0.25) is 5.95 Å². The molecule has 0 amide bonds. The number of hydrogen-bond acceptors (Lipinski definition) is 11. The highest BCUT2D eigenvalue weighted by atomic mass is 32.1. The van der Waals surface area contributed by atoms with E-state index >= 15 is 0 Å². The largest absolute Gasteiger partial charge is 0.378 e. The molecule has 2 N–H and O–H groups in total. The van der Waals surface area contributed by atoms with Crippen LogP contribution >= 0.6 is 11.3 Å². The van der Waals surface area contributed by atoms with Crippen molar-refractivity contribution in [2.24, 2.45) is 4.99 Å². The first-order valence-corrected chi connectivity index (χ1v) is 13.8. The van der Waals surface area contributed by atoms with Crippen LogP contribution in [0.5, 0.6) is 0 Å². The van der Waals surface area contributed by atoms with Crippen molar-refractivity contribution in [3.8, 4) is 17.3 Å². The number of dihydropyridines is 1. The number of benzene rings is 1. The third kappa shape index (κ3) is 5.61. The Morgan fingerprint density at radius 1 is 1.15 bits per heavy atom. The summed E-state index contributed by atoms with van der Waals surface area (Å²) in [5, 5.41) is 22.4. The number of rotatable bonds is 8. The number of aromatic nitrogens is 3. The van der Waals surface area contributed by atoms with Crippen LogP contribution in [0.1, 0.15) is 24.3 Å². The minimum atomic E-state index is -0.356. The first kappa shape index (κ1) is 27.1. The summed E-state index contributed by atoms with van der Waals surface area (Å²) in [6, 6.07) is 8.14. The second-order valence-corrected chi connectivity index (χ2v) is 9.86. The summed E-state index contributed by atoms with van der Waals surface area (Å²) < 4.78 is 18.9. The lowest BCUT2D eigenvalue weighted by Gasteiger charge is -2.27. The number of allylic oxidation sites excluding steroid dienone is 2. The normalized spacial score (nSPS) is 16.4. The fourth-order valence-corrected chi connectivity index (χ4v) is 5.30. The van der Waals surface area contributed by atoms with E-state index in [0.717, 1.165) is 18.7 Å². The minimum Gasteiger partial charge on any atom is -0.378 e. The van der Waals surface area contributed by atoms with Crippen molar-refractivity contribution >= 4 is 33.8 Å². The van der Waals surface area contributed by atoms with Gasteiger partial charge in [0.25, 0.3) is 0 Å². The van der Waals surface area contributed by atoms with Crippen molar-refractivity contribution < 1.29 is 9.13 Å². The Labute approximate surface area is 235 Å². The van der Waals surface area contributed by atoms with E-state index in [4.69, 9.17) is 20.1 Å². The van der Waals surface area contributed by atoms with Crippen LogP contribution in [0.25, 0.3) is 11.3 Å². The summed E-state index contributed by atoms with van der Waals surface area (Å²) in [5.41, 5.74) is 3.19. The van der Waals surface area contributed by atoms with Gasteiger partial charge in [-0.25, -0.2) is 24.3 Å². The number of nitrogens with zero attached hydrogens (tertiary/aromatic N) is 7. The van der Waals surface area contributed by atoms with E-state index in [1.807, 2.05) is 18.7 Å². The number of nitrogens with one attached hydrogen (secondary N) is 2. The molecule has 0 radical (unpaired) electrons. The first-order chi connectivity index (χ1) is 19.5. The van der Waals surface area contributed by atoms with Crippen LogP contribution in [-0.4, -0.2) is 65.8 Å². The van der Waals surface area contributed by atoms with Crippen LogP contribution in [0.4, 0.5) is 15.5 Å². The van der Waals surface area contributed by atoms with Crippen LogP contribution in [-0.2, 0) is 4.74 Å². The second kappa shape index (κ2) is 12.1. The summed E-state index contributed by atoms with van der Waals surface area (Å²) >= 11 is 1.24. The maximum absolute atomic E-state index is 13.5. The van der Waals surface area contributed by atoms with Gasteiger partial charge in [-0.2, -0.15) is 5.26 Å². The molecule has 1 saturated heterocycles. The smallest absolute Gasteiger partial charge is 0.225 e. The maximum Gasteiger partial charge on any atom is 0.225 e. The molecular weight excluding hydrogens is 529 g/mol. The molecule has 0 unspecified atom stereocenters. The molecule has 3 aromatic rings. The first-order valence-electron chi connectivity index (χ1n) is 13.0. The van der Waals surface area contributed by atoms with Gasteiger partial charge in [0.1, 0.15) is 34.0 Å². The molecule has 40 heavy (non-hydrogen) atoms. The van der Waals surface area contributed by atoms with Gasteiger partial charge < -0.3 is 19.9 Å². The summed E-state index contributed by atoms with van der Waals surface area (Å²) in [6.45, 7) is 7.81. The zero-order valence-electron chi connectivity index (χ0n) is 22.2. The molecule has 0 aliphatic carbocycles. The molecule has 1 aromatic carbocycles. The fourth-order valence-electron chi connectivity index (χ4n) is 4.35. The van der Waals surface area contributed by atoms with E-state index < -0.39 is 0 Å². The molecule has 1 fully saturated rings. The lowest BCUT2D eigenvalue weighted by Crippen LogP contribution is -2.37. The zero-order valence-corrected chi connectivity index (χ0v) is 23.0. The Balaban J connectivity index is 1.51. The zero-order chi connectivity index (χ0) is 28.1. The maximum atomic E-state index is 13.5. The molecule has 10 nitrogen and oxygen atoms in total. The SMILES string of the molecule is CCN/C(=C1/N=C(c2cnc(N3CCOCC3)nc2)C=CC1=N)N(CC)c1nc(-c2ccc(F)cc2)c(C#N)s1. The van der Waals surface area contributed by atoms with Gasteiger partial charge in [-0.15, -0.1) is 0 Å². The average molecular weight is 558 g/mol. The summed E-state index contributed by atoms with van der Waals surface area (Å²) in [6.07, 6.45) is 6.97. The summed E-state index contributed by atoms with van der Waals surface area (Å²) in [7, 11) is 0. The second-order valence-electron chi connectivity index (χ2n) is 8.88. The predicted octanol–water partition coefficient (Wildman–Crippen LogP) is 4.13. The Morgan fingerprint density at radius 2 is 1.88 bits per heavy atom. The van der Waals surface area contributed by atoms with E-state index in [2.05, 4.69) is 26.3 Å². The molecule has 12 heteroatoms. The molecule has 4 heterocycles. The van der Waals surface area contributed by atoms with Gasteiger partial charge in [0.15, 0.2) is 5.13 Å². The number of hydrogen-bond donors (Lipinski definition) is 2. The average Bonchev–Trinajstić information content (AvgIpc) is 3.42. The highest BCUT2D eigenvalue weighted by molar-refractivity contribution is 7.16. The molecule has 204 valence electrons. The fraction of sp³-hybridized carbons (Fsp3) is 0.286. The van der Waals surface area contributed by atoms with Crippen molar-refractivity contribution in [2.45, 2.75) is 13.8 Å². The van der Waals surface area contributed by atoms with Gasteiger partial charge in [-0.05, 0) is 50.3 Å². The highest BCUT2D eigenvalue weighted by Gasteiger charge is 2.25. The Hall–Kier alpha value is -4.47. The van der Waals surface area contributed by atoms with E-state index in [0.29, 0.717) is 70.7 Å². The topological polar surface area (TPSA) is 126 Å². The van der Waals surface area contributed by atoms with E-state index in [-0.39, 0.29) is 11.5 Å².